The lowest BCUT2D eigenvalue weighted by Crippen LogP contribution is -2.89. The van der Waals surface area contributed by atoms with Gasteiger partial charge in [0.2, 0.25) is 11.8 Å². The van der Waals surface area contributed by atoms with Gasteiger partial charge in [-0.05, 0) is 79.7 Å². The van der Waals surface area contributed by atoms with Crippen molar-refractivity contribution in [2.24, 2.45) is 0 Å². The maximum Gasteiger partial charge on any atom is 0.395 e. The average Bonchev–Trinajstić information content (AvgIpc) is 3.62. The maximum atomic E-state index is 15.6. The number of oxazole rings is 2. The van der Waals surface area contributed by atoms with Gasteiger partial charge < -0.3 is 18.3 Å². The lowest BCUT2D eigenvalue weighted by molar-refractivity contribution is -0.527. The van der Waals surface area contributed by atoms with Crippen LogP contribution in [0.25, 0.3) is 46.2 Å². The Hall–Kier alpha value is -5.00. The second kappa shape index (κ2) is 9.79. The van der Waals surface area contributed by atoms with Gasteiger partial charge in [0.1, 0.15) is 22.7 Å². The van der Waals surface area contributed by atoms with Crippen LogP contribution in [0.2, 0.25) is 0 Å². The van der Waals surface area contributed by atoms with Crippen LogP contribution >= 0.6 is 0 Å². The highest BCUT2D eigenvalue weighted by molar-refractivity contribution is 5.76. The quantitative estimate of drug-likeness (QED) is 0.166. The number of aromatic nitrogens is 2. The minimum absolute atomic E-state index is 0.106. The molecule has 2 heterocycles. The second-order valence-electron chi connectivity index (χ2n) is 9.55. The van der Waals surface area contributed by atoms with E-state index >= 15 is 8.78 Å². The Morgan fingerprint density at radius 3 is 1.70 bits per heavy atom. The smallest absolute Gasteiger partial charge is 0.395 e. The van der Waals surface area contributed by atoms with Crippen LogP contribution in [0.3, 0.4) is 0 Å². The topological polar surface area (TPSA) is 70.5 Å². The summed E-state index contributed by atoms with van der Waals surface area (Å²) in [5.74, 6) is -21.7. The summed E-state index contributed by atoms with van der Waals surface area (Å²) in [5, 5.41) is 0. The molecule has 1 fully saturated rings. The van der Waals surface area contributed by atoms with E-state index in [-0.39, 0.29) is 11.8 Å². The summed E-state index contributed by atoms with van der Waals surface area (Å²) >= 11 is 0. The molecule has 220 valence electrons. The number of alkyl halides is 6. The zero-order valence-corrected chi connectivity index (χ0v) is 22.2. The number of benzene rings is 3. The molecule has 2 atom stereocenters. The summed E-state index contributed by atoms with van der Waals surface area (Å²) in [4.78, 5) is 8.51. The molecule has 1 aliphatic rings. The Morgan fingerprint density at radius 1 is 0.698 bits per heavy atom. The van der Waals surface area contributed by atoms with Gasteiger partial charge in [-0.1, -0.05) is 24.8 Å². The summed E-state index contributed by atoms with van der Waals surface area (Å²) < 4.78 is 110. The molecule has 0 amide bonds. The monoisotopic (exact) mass is 598 g/mol. The van der Waals surface area contributed by atoms with Crippen LogP contribution in [0.5, 0.6) is 11.5 Å². The fraction of sp³-hybridized carbons (Fsp3) is 0.161. The van der Waals surface area contributed by atoms with Crippen molar-refractivity contribution in [1.29, 1.82) is 0 Å². The molecule has 0 spiro atoms. The van der Waals surface area contributed by atoms with Gasteiger partial charge in [0.05, 0.1) is 0 Å². The van der Waals surface area contributed by atoms with E-state index in [1.165, 1.54) is 30.3 Å². The highest BCUT2D eigenvalue weighted by Crippen LogP contribution is 2.68. The van der Waals surface area contributed by atoms with Crippen molar-refractivity contribution in [3.63, 3.8) is 0 Å². The molecule has 0 radical (unpaired) electrons. The third kappa shape index (κ3) is 4.11. The molecule has 0 aliphatic heterocycles. The standard InChI is InChI=1S/C31H20F6N2O4/c1-3-7-24-22(4-2)38-26(40-24)18-10-14-20(15-11-18)42-30(36)28(32,33)29(34,35)31(30,37)43-21-16-12-19(13-17-21)27-39-23-8-5-6-9-25(23)41-27/h3-17H,2H2,1H3/b7-3-. The molecule has 1 aliphatic carbocycles. The van der Waals surface area contributed by atoms with Gasteiger partial charge in [-0.2, -0.15) is 26.3 Å². The predicted molar refractivity (Wildman–Crippen MR) is 145 cm³/mol. The number of fused-ring (bicyclic) bond motifs is 1. The average molecular weight is 598 g/mol. The Balaban J connectivity index is 1.25. The second-order valence-corrected chi connectivity index (χ2v) is 9.55. The van der Waals surface area contributed by atoms with Crippen molar-refractivity contribution in [2.45, 2.75) is 30.5 Å². The lowest BCUT2D eigenvalue weighted by atomic mass is 9.76. The summed E-state index contributed by atoms with van der Waals surface area (Å²) in [6, 6.07) is 15.8. The molecule has 2 unspecified atom stereocenters. The van der Waals surface area contributed by atoms with Gasteiger partial charge in [0, 0.05) is 11.1 Å². The Bertz CT molecular complexity index is 1820. The first-order valence-electron chi connectivity index (χ1n) is 12.8. The number of hydrogen-bond acceptors (Lipinski definition) is 6. The highest BCUT2D eigenvalue weighted by Gasteiger charge is 3.03. The van der Waals surface area contributed by atoms with Gasteiger partial charge in [0.25, 0.3) is 0 Å². The van der Waals surface area contributed by atoms with Crippen LogP contribution in [0.15, 0.2) is 94.3 Å². The van der Waals surface area contributed by atoms with E-state index in [1.54, 1.807) is 43.3 Å². The molecule has 0 bridgehead atoms. The lowest BCUT2D eigenvalue weighted by Gasteiger charge is -2.55. The summed E-state index contributed by atoms with van der Waals surface area (Å²) in [5.41, 5.74) is 2.10. The molecule has 6 rings (SSSR count). The van der Waals surface area contributed by atoms with E-state index in [2.05, 4.69) is 26.0 Å². The molecular weight excluding hydrogens is 578 g/mol. The molecule has 0 saturated heterocycles. The van der Waals surface area contributed by atoms with Gasteiger partial charge in [-0.15, -0.1) is 0 Å². The van der Waals surface area contributed by atoms with Gasteiger partial charge in [0.15, 0.2) is 11.3 Å². The minimum Gasteiger partial charge on any atom is -0.447 e. The van der Waals surface area contributed by atoms with Crippen LogP contribution in [-0.4, -0.2) is 33.5 Å². The molecule has 12 heteroatoms. The molecule has 5 aromatic rings. The fourth-order valence-electron chi connectivity index (χ4n) is 4.54. The third-order valence-electron chi connectivity index (χ3n) is 6.82. The van der Waals surface area contributed by atoms with Crippen LogP contribution in [0.1, 0.15) is 18.4 Å². The number of nitrogens with zero attached hydrogens (tertiary/aromatic N) is 2. The number of ether oxygens (including phenoxy) is 2. The Labute approximate surface area is 239 Å². The number of hydrogen-bond donors (Lipinski definition) is 0. The van der Waals surface area contributed by atoms with Crippen LogP contribution in [-0.2, 0) is 0 Å². The molecular formula is C31H20F6N2O4. The first-order valence-corrected chi connectivity index (χ1v) is 12.8. The van der Waals surface area contributed by atoms with E-state index in [0.29, 0.717) is 33.7 Å². The molecule has 6 nitrogen and oxygen atoms in total. The zero-order valence-electron chi connectivity index (χ0n) is 22.2. The maximum absolute atomic E-state index is 15.6. The largest absolute Gasteiger partial charge is 0.447 e. The normalized spacial score (nSPS) is 22.4. The fourth-order valence-corrected chi connectivity index (χ4v) is 4.54. The molecule has 0 N–H and O–H groups in total. The van der Waals surface area contributed by atoms with Crippen molar-refractivity contribution in [3.8, 4) is 34.4 Å². The van der Waals surface area contributed by atoms with Crippen molar-refractivity contribution < 1.29 is 44.7 Å². The number of rotatable bonds is 8. The van der Waals surface area contributed by atoms with Crippen molar-refractivity contribution in [1.82, 2.24) is 9.97 Å². The molecule has 43 heavy (non-hydrogen) atoms. The SMILES string of the molecule is C=Cc1nc(-c2ccc(OC3(F)C(F)(F)C(F)(F)C3(F)Oc3ccc(-c4nc5ccccc5o4)cc3)cc2)oc1/C=C\C. The number of halogens is 6. The molecule has 2 aromatic heterocycles. The number of para-hydroxylation sites is 2. The van der Waals surface area contributed by atoms with Crippen molar-refractivity contribution >= 4 is 23.3 Å². The first-order chi connectivity index (χ1) is 20.4. The van der Waals surface area contributed by atoms with E-state index in [9.17, 15) is 17.6 Å². The summed E-state index contributed by atoms with van der Waals surface area (Å²) in [6.45, 7) is 5.40. The van der Waals surface area contributed by atoms with E-state index in [0.717, 1.165) is 24.3 Å². The van der Waals surface area contributed by atoms with Crippen LogP contribution < -0.4 is 9.47 Å². The van der Waals surface area contributed by atoms with Crippen LogP contribution in [0, 0.1) is 0 Å². The Morgan fingerprint density at radius 2 is 1.21 bits per heavy atom. The van der Waals surface area contributed by atoms with Crippen molar-refractivity contribution in [2.75, 3.05) is 0 Å². The number of allylic oxidation sites excluding steroid dienone is 1. The van der Waals surface area contributed by atoms with Gasteiger partial charge in [-0.3, -0.25) is 0 Å². The predicted octanol–water partition coefficient (Wildman–Crippen LogP) is 8.90. The van der Waals surface area contributed by atoms with E-state index in [4.69, 9.17) is 8.83 Å². The van der Waals surface area contributed by atoms with Crippen LogP contribution in [0.4, 0.5) is 26.3 Å². The molecule has 1 saturated carbocycles. The van der Waals surface area contributed by atoms with E-state index < -0.39 is 35.1 Å². The van der Waals surface area contributed by atoms with Gasteiger partial charge in [-0.25, -0.2) is 9.97 Å². The summed E-state index contributed by atoms with van der Waals surface area (Å²) in [7, 11) is 0. The van der Waals surface area contributed by atoms with Crippen molar-refractivity contribution in [3.05, 3.63) is 96.9 Å². The highest BCUT2D eigenvalue weighted by atomic mass is 19.3. The van der Waals surface area contributed by atoms with Gasteiger partial charge >= 0.3 is 23.6 Å². The van der Waals surface area contributed by atoms with E-state index in [1.807, 2.05) is 0 Å². The minimum atomic E-state index is -5.59. The Kier molecular flexibility index (Phi) is 6.40. The zero-order chi connectivity index (χ0) is 30.6. The third-order valence-corrected chi connectivity index (χ3v) is 6.82. The molecule has 3 aromatic carbocycles. The summed E-state index contributed by atoms with van der Waals surface area (Å²) in [6.07, 6.45) is 4.80. The first kappa shape index (κ1) is 28.1.